The third-order valence-electron chi connectivity index (χ3n) is 15.4. The maximum Gasteiger partial charge on any atom is 0.305 e. The van der Waals surface area contributed by atoms with Crippen LogP contribution in [0.1, 0.15) is 373 Å². The van der Waals surface area contributed by atoms with Crippen LogP contribution in [0, 0.1) is 0 Å². The molecule has 0 bridgehead atoms. The van der Waals surface area contributed by atoms with Gasteiger partial charge in [0, 0.05) is 12.8 Å². The predicted octanol–water partition coefficient (Wildman–Crippen LogP) is 20.3. The van der Waals surface area contributed by atoms with E-state index < -0.39 is 12.1 Å². The molecule has 0 aromatic carbocycles. The van der Waals surface area contributed by atoms with Gasteiger partial charge in [-0.2, -0.15) is 0 Å². The standard InChI is InChI=1S/C64H127NO5/c1-3-5-7-9-11-13-37-42-46-50-54-58-64(69)70-59-55-51-47-43-39-36-34-32-30-28-26-24-22-20-18-16-14-15-17-19-21-23-25-27-29-31-33-35-38-41-45-49-53-57-63(68)65-61(60-66)62(67)56-52-48-44-40-12-10-8-6-4-2/h61-62,66-67H,3-60H2,1-2H3,(H,65,68). The van der Waals surface area contributed by atoms with E-state index in [1.54, 1.807) is 0 Å². The van der Waals surface area contributed by atoms with Crippen LogP contribution in [0.25, 0.3) is 0 Å². The van der Waals surface area contributed by atoms with E-state index in [1.165, 1.54) is 302 Å². The summed E-state index contributed by atoms with van der Waals surface area (Å²) in [5, 5.41) is 23.1. The molecule has 2 unspecified atom stereocenters. The lowest BCUT2D eigenvalue weighted by Crippen LogP contribution is -2.45. The molecule has 70 heavy (non-hydrogen) atoms. The third kappa shape index (κ3) is 56.2. The molecule has 2 atom stereocenters. The molecular weight excluding hydrogens is 863 g/mol. The van der Waals surface area contributed by atoms with Crippen molar-refractivity contribution in [2.75, 3.05) is 13.2 Å². The molecule has 1 amide bonds. The Hall–Kier alpha value is -1.14. The zero-order valence-electron chi connectivity index (χ0n) is 47.8. The first kappa shape index (κ1) is 68.9. The van der Waals surface area contributed by atoms with Gasteiger partial charge in [0.25, 0.3) is 0 Å². The smallest absolute Gasteiger partial charge is 0.305 e. The molecule has 6 nitrogen and oxygen atoms in total. The second kappa shape index (κ2) is 60.4. The summed E-state index contributed by atoms with van der Waals surface area (Å²) in [6.45, 7) is 4.96. The fraction of sp³-hybridized carbons (Fsp3) is 0.969. The number of carbonyl (C=O) groups is 2. The molecular formula is C64H127NO5. The normalized spacial score (nSPS) is 12.5. The molecule has 0 saturated heterocycles. The van der Waals surface area contributed by atoms with Gasteiger partial charge in [-0.25, -0.2) is 0 Å². The van der Waals surface area contributed by atoms with Crippen LogP contribution < -0.4 is 5.32 Å². The summed E-state index contributed by atoms with van der Waals surface area (Å²) in [7, 11) is 0. The largest absolute Gasteiger partial charge is 0.466 e. The number of unbranched alkanes of at least 4 members (excludes halogenated alkanes) is 50. The highest BCUT2D eigenvalue weighted by Gasteiger charge is 2.20. The lowest BCUT2D eigenvalue weighted by atomic mass is 10.0. The Labute approximate surface area is 438 Å². The molecule has 3 N–H and O–H groups in total. The monoisotopic (exact) mass is 990 g/mol. The van der Waals surface area contributed by atoms with Gasteiger partial charge < -0.3 is 20.3 Å². The van der Waals surface area contributed by atoms with Crippen molar-refractivity contribution in [3.05, 3.63) is 0 Å². The number of carbonyl (C=O) groups excluding carboxylic acids is 2. The molecule has 0 rings (SSSR count). The Kier molecular flexibility index (Phi) is 59.4. The van der Waals surface area contributed by atoms with E-state index in [2.05, 4.69) is 19.2 Å². The van der Waals surface area contributed by atoms with Crippen molar-refractivity contribution in [1.29, 1.82) is 0 Å². The second-order valence-corrected chi connectivity index (χ2v) is 22.5. The molecule has 0 saturated carbocycles. The first-order valence-corrected chi connectivity index (χ1v) is 32.3. The highest BCUT2D eigenvalue weighted by atomic mass is 16.5. The van der Waals surface area contributed by atoms with Gasteiger partial charge in [-0.15, -0.1) is 0 Å². The summed E-state index contributed by atoms with van der Waals surface area (Å²) < 4.78 is 5.47. The van der Waals surface area contributed by atoms with Crippen LogP contribution in [0.15, 0.2) is 0 Å². The molecule has 0 aromatic heterocycles. The molecule has 418 valence electrons. The lowest BCUT2D eigenvalue weighted by molar-refractivity contribution is -0.143. The van der Waals surface area contributed by atoms with Crippen LogP contribution in [0.3, 0.4) is 0 Å². The lowest BCUT2D eigenvalue weighted by Gasteiger charge is -2.22. The first-order chi connectivity index (χ1) is 34.5. The van der Waals surface area contributed by atoms with Crippen molar-refractivity contribution in [2.45, 2.75) is 386 Å². The van der Waals surface area contributed by atoms with Gasteiger partial charge >= 0.3 is 5.97 Å². The molecule has 0 aliphatic carbocycles. The highest BCUT2D eigenvalue weighted by Crippen LogP contribution is 2.19. The topological polar surface area (TPSA) is 95.9 Å². The number of aliphatic hydroxyl groups excluding tert-OH is 2. The van der Waals surface area contributed by atoms with Gasteiger partial charge in [0.1, 0.15) is 0 Å². The summed E-state index contributed by atoms with van der Waals surface area (Å²) in [4.78, 5) is 24.4. The van der Waals surface area contributed by atoms with Gasteiger partial charge in [-0.05, 0) is 25.7 Å². The number of hydrogen-bond donors (Lipinski definition) is 3. The van der Waals surface area contributed by atoms with Gasteiger partial charge in [-0.3, -0.25) is 9.59 Å². The van der Waals surface area contributed by atoms with E-state index in [1.807, 2.05) is 0 Å². The highest BCUT2D eigenvalue weighted by molar-refractivity contribution is 5.76. The number of aliphatic hydroxyl groups is 2. The number of hydrogen-bond acceptors (Lipinski definition) is 5. The summed E-state index contributed by atoms with van der Waals surface area (Å²) in [6.07, 6.45) is 71.6. The Morgan fingerprint density at radius 2 is 0.586 bits per heavy atom. The molecule has 0 spiro atoms. The van der Waals surface area contributed by atoms with Crippen LogP contribution >= 0.6 is 0 Å². The third-order valence-corrected chi connectivity index (χ3v) is 15.4. The Morgan fingerprint density at radius 1 is 0.343 bits per heavy atom. The van der Waals surface area contributed by atoms with Crippen LogP contribution in [0.5, 0.6) is 0 Å². The van der Waals surface area contributed by atoms with Crippen molar-refractivity contribution >= 4 is 11.9 Å². The van der Waals surface area contributed by atoms with Crippen molar-refractivity contribution in [1.82, 2.24) is 5.32 Å². The number of amides is 1. The molecule has 0 fully saturated rings. The number of rotatable bonds is 61. The summed E-state index contributed by atoms with van der Waals surface area (Å²) in [6, 6.07) is -0.534. The first-order valence-electron chi connectivity index (χ1n) is 32.3. The number of ether oxygens (including phenoxy) is 1. The van der Waals surface area contributed by atoms with E-state index in [9.17, 15) is 19.8 Å². The minimum absolute atomic E-state index is 0.0220. The molecule has 6 heteroatoms. The average molecular weight is 991 g/mol. The van der Waals surface area contributed by atoms with Gasteiger partial charge in [0.05, 0.1) is 25.4 Å². The van der Waals surface area contributed by atoms with Crippen molar-refractivity contribution in [2.24, 2.45) is 0 Å². The quantitative estimate of drug-likeness (QED) is 0.0417. The summed E-state index contributed by atoms with van der Waals surface area (Å²) in [5.74, 6) is -0.00846. The van der Waals surface area contributed by atoms with Crippen LogP contribution in [-0.2, 0) is 14.3 Å². The zero-order chi connectivity index (χ0) is 50.7. The zero-order valence-corrected chi connectivity index (χ0v) is 47.8. The minimum Gasteiger partial charge on any atom is -0.466 e. The van der Waals surface area contributed by atoms with E-state index >= 15 is 0 Å². The second-order valence-electron chi connectivity index (χ2n) is 22.5. The molecule has 0 radical (unpaired) electrons. The van der Waals surface area contributed by atoms with E-state index in [4.69, 9.17) is 4.74 Å². The molecule has 0 heterocycles. The Bertz CT molecular complexity index is 1010. The SMILES string of the molecule is CCCCCCCCCCCCCC(=O)OCCCCCCCCCCCCCCCCCCCCCCCCCCCCCCCCCCCC(=O)NC(CO)C(O)CCCCCCCCCCC. The molecule has 0 aliphatic rings. The maximum absolute atomic E-state index is 12.4. The summed E-state index contributed by atoms with van der Waals surface area (Å²) >= 11 is 0. The minimum atomic E-state index is -0.657. The Morgan fingerprint density at radius 3 is 0.871 bits per heavy atom. The fourth-order valence-corrected chi connectivity index (χ4v) is 10.5. The number of esters is 1. The predicted molar refractivity (Wildman–Crippen MR) is 306 cm³/mol. The van der Waals surface area contributed by atoms with Crippen molar-refractivity contribution in [3.63, 3.8) is 0 Å². The van der Waals surface area contributed by atoms with Crippen LogP contribution in [0.4, 0.5) is 0 Å². The van der Waals surface area contributed by atoms with Crippen LogP contribution in [-0.4, -0.2) is 47.4 Å². The van der Waals surface area contributed by atoms with E-state index in [-0.39, 0.29) is 18.5 Å². The molecule has 0 aromatic rings. The van der Waals surface area contributed by atoms with Crippen molar-refractivity contribution in [3.8, 4) is 0 Å². The number of nitrogens with one attached hydrogen (secondary N) is 1. The fourth-order valence-electron chi connectivity index (χ4n) is 10.5. The average Bonchev–Trinajstić information content (AvgIpc) is 3.36. The van der Waals surface area contributed by atoms with Gasteiger partial charge in [0.2, 0.25) is 5.91 Å². The van der Waals surface area contributed by atoms with E-state index in [0.29, 0.717) is 25.9 Å². The van der Waals surface area contributed by atoms with Gasteiger partial charge in [0.15, 0.2) is 0 Å². The molecule has 0 aliphatic heterocycles. The Balaban J connectivity index is 3.27. The van der Waals surface area contributed by atoms with Crippen LogP contribution in [0.2, 0.25) is 0 Å². The summed E-state index contributed by atoms with van der Waals surface area (Å²) in [5.41, 5.74) is 0. The van der Waals surface area contributed by atoms with Crippen molar-refractivity contribution < 1.29 is 24.5 Å². The maximum atomic E-state index is 12.4. The van der Waals surface area contributed by atoms with E-state index in [0.717, 1.165) is 38.5 Å². The van der Waals surface area contributed by atoms with Gasteiger partial charge in [-0.1, -0.05) is 335 Å².